The third-order valence-electron chi connectivity index (χ3n) is 2.02. The molecule has 0 radical (unpaired) electrons. The largest absolute Gasteiger partial charge is 0.465 e. The summed E-state index contributed by atoms with van der Waals surface area (Å²) in [6.07, 6.45) is 1.78. The molecule has 0 amide bonds. The van der Waals surface area contributed by atoms with Gasteiger partial charge in [-0.05, 0) is 13.2 Å². The van der Waals surface area contributed by atoms with E-state index in [2.05, 4.69) is 14.7 Å². The lowest BCUT2D eigenvalue weighted by Crippen LogP contribution is -2.11. The lowest BCUT2D eigenvalue weighted by atomic mass is 10.3. The van der Waals surface area contributed by atoms with Crippen molar-refractivity contribution in [2.45, 2.75) is 17.1 Å². The first-order valence-electron chi connectivity index (χ1n) is 5.51. The molecule has 0 N–H and O–H groups in total. The molecule has 110 valence electrons. The maximum atomic E-state index is 11.7. The SMILES string of the molecule is CCOC(=O)CSc1nc(SC)nc(Cl)c1C(=O)OC. The summed E-state index contributed by atoms with van der Waals surface area (Å²) in [5.41, 5.74) is 0.0567. The van der Waals surface area contributed by atoms with Crippen molar-refractivity contribution < 1.29 is 19.1 Å². The molecule has 0 unspecified atom stereocenters. The number of methoxy groups -OCH3 is 1. The van der Waals surface area contributed by atoms with E-state index >= 15 is 0 Å². The Morgan fingerprint density at radius 3 is 2.60 bits per heavy atom. The molecule has 1 aromatic rings. The number of hydrogen-bond donors (Lipinski definition) is 0. The Labute approximate surface area is 130 Å². The molecule has 0 fully saturated rings. The van der Waals surface area contributed by atoms with Gasteiger partial charge in [0.15, 0.2) is 5.16 Å². The van der Waals surface area contributed by atoms with Crippen molar-refractivity contribution >= 4 is 47.1 Å². The highest BCUT2D eigenvalue weighted by Crippen LogP contribution is 2.28. The van der Waals surface area contributed by atoms with Gasteiger partial charge in [0.05, 0.1) is 19.5 Å². The lowest BCUT2D eigenvalue weighted by molar-refractivity contribution is -0.139. The second kappa shape index (κ2) is 8.33. The van der Waals surface area contributed by atoms with E-state index in [1.807, 2.05) is 0 Å². The minimum absolute atomic E-state index is 0.00237. The number of carbonyl (C=O) groups excluding carboxylic acids is 2. The van der Waals surface area contributed by atoms with Crippen LogP contribution in [0, 0.1) is 0 Å². The Balaban J connectivity index is 3.04. The third kappa shape index (κ3) is 4.53. The van der Waals surface area contributed by atoms with Crippen LogP contribution in [0.4, 0.5) is 0 Å². The number of carbonyl (C=O) groups is 2. The second-order valence-electron chi connectivity index (χ2n) is 3.27. The highest BCUT2D eigenvalue weighted by molar-refractivity contribution is 8.00. The molecule has 0 atom stereocenters. The van der Waals surface area contributed by atoms with Crippen LogP contribution in [0.3, 0.4) is 0 Å². The molecule has 0 aromatic carbocycles. The van der Waals surface area contributed by atoms with Gasteiger partial charge in [0.2, 0.25) is 0 Å². The second-order valence-corrected chi connectivity index (χ2v) is 5.36. The molecule has 6 nitrogen and oxygen atoms in total. The van der Waals surface area contributed by atoms with Crippen LogP contribution in [-0.2, 0) is 14.3 Å². The third-order valence-corrected chi connectivity index (χ3v) is 3.79. The molecule has 0 aliphatic carbocycles. The van der Waals surface area contributed by atoms with Crippen molar-refractivity contribution in [3.8, 4) is 0 Å². The first-order valence-corrected chi connectivity index (χ1v) is 8.10. The summed E-state index contributed by atoms with van der Waals surface area (Å²) in [7, 11) is 1.24. The predicted molar refractivity (Wildman–Crippen MR) is 77.5 cm³/mol. The summed E-state index contributed by atoms with van der Waals surface area (Å²) in [4.78, 5) is 31.2. The van der Waals surface area contributed by atoms with Crippen LogP contribution in [0.5, 0.6) is 0 Å². The summed E-state index contributed by atoms with van der Waals surface area (Å²) < 4.78 is 9.47. The Kier molecular flexibility index (Phi) is 7.11. The van der Waals surface area contributed by atoms with Crippen molar-refractivity contribution in [1.82, 2.24) is 9.97 Å². The molecule has 0 aliphatic heterocycles. The van der Waals surface area contributed by atoms with E-state index < -0.39 is 11.9 Å². The molecule has 0 saturated heterocycles. The minimum Gasteiger partial charge on any atom is -0.465 e. The van der Waals surface area contributed by atoms with Gasteiger partial charge in [-0.1, -0.05) is 35.1 Å². The van der Waals surface area contributed by atoms with Crippen molar-refractivity contribution in [3.05, 3.63) is 10.7 Å². The number of rotatable bonds is 6. The van der Waals surface area contributed by atoms with Crippen LogP contribution in [0.15, 0.2) is 10.2 Å². The van der Waals surface area contributed by atoms with Gasteiger partial charge in [-0.3, -0.25) is 4.79 Å². The zero-order chi connectivity index (χ0) is 15.1. The summed E-state index contributed by atoms with van der Waals surface area (Å²) >= 11 is 8.31. The lowest BCUT2D eigenvalue weighted by Gasteiger charge is -2.09. The zero-order valence-electron chi connectivity index (χ0n) is 11.1. The van der Waals surface area contributed by atoms with Gasteiger partial charge in [-0.15, -0.1) is 0 Å². The molecule has 20 heavy (non-hydrogen) atoms. The molecule has 0 spiro atoms. The fourth-order valence-electron chi connectivity index (χ4n) is 1.20. The molecule has 0 aliphatic rings. The summed E-state index contributed by atoms with van der Waals surface area (Å²) in [6.45, 7) is 2.01. The molecule has 1 rings (SSSR count). The van der Waals surface area contributed by atoms with Crippen molar-refractivity contribution in [2.24, 2.45) is 0 Å². The van der Waals surface area contributed by atoms with Gasteiger partial charge in [0.25, 0.3) is 0 Å². The number of nitrogens with zero attached hydrogens (tertiary/aromatic N) is 2. The average Bonchev–Trinajstić information content (AvgIpc) is 2.44. The van der Waals surface area contributed by atoms with Crippen molar-refractivity contribution in [3.63, 3.8) is 0 Å². The number of ether oxygens (including phenoxy) is 2. The van der Waals surface area contributed by atoms with E-state index in [0.717, 1.165) is 11.8 Å². The molecule has 9 heteroatoms. The van der Waals surface area contributed by atoms with Gasteiger partial charge >= 0.3 is 11.9 Å². The number of esters is 2. The summed E-state index contributed by atoms with van der Waals surface area (Å²) in [5, 5.41) is 0.714. The number of hydrogen-bond acceptors (Lipinski definition) is 8. The van der Waals surface area contributed by atoms with E-state index in [1.54, 1.807) is 13.2 Å². The quantitative estimate of drug-likeness (QED) is 0.339. The summed E-state index contributed by atoms with van der Waals surface area (Å²) in [6, 6.07) is 0. The highest BCUT2D eigenvalue weighted by Gasteiger charge is 2.22. The predicted octanol–water partition coefficient (Wildman–Crippen LogP) is 2.29. The van der Waals surface area contributed by atoms with E-state index in [0.29, 0.717) is 16.8 Å². The van der Waals surface area contributed by atoms with Crippen LogP contribution in [0.25, 0.3) is 0 Å². The van der Waals surface area contributed by atoms with Crippen LogP contribution < -0.4 is 0 Å². The Hall–Kier alpha value is -0.990. The topological polar surface area (TPSA) is 78.4 Å². The molecule has 1 heterocycles. The van der Waals surface area contributed by atoms with Gasteiger partial charge in [-0.25, -0.2) is 14.8 Å². The standard InChI is InChI=1S/C11H13ClN2O4S2/c1-4-18-6(15)5-20-9-7(10(16)17-2)8(12)13-11(14-9)19-3/h4-5H2,1-3H3. The highest BCUT2D eigenvalue weighted by atomic mass is 35.5. The molecule has 0 saturated carbocycles. The molecular formula is C11H13ClN2O4S2. The molecule has 1 aromatic heterocycles. The van der Waals surface area contributed by atoms with E-state index in [4.69, 9.17) is 16.3 Å². The fraction of sp³-hybridized carbons (Fsp3) is 0.455. The van der Waals surface area contributed by atoms with Gasteiger partial charge in [-0.2, -0.15) is 0 Å². The van der Waals surface area contributed by atoms with Crippen molar-refractivity contribution in [1.29, 1.82) is 0 Å². The Morgan fingerprint density at radius 1 is 1.35 bits per heavy atom. The zero-order valence-corrected chi connectivity index (χ0v) is 13.5. The average molecular weight is 337 g/mol. The molecular weight excluding hydrogens is 324 g/mol. The van der Waals surface area contributed by atoms with Gasteiger partial charge in [0, 0.05) is 0 Å². The number of aromatic nitrogens is 2. The van der Waals surface area contributed by atoms with E-state index in [9.17, 15) is 9.59 Å². The van der Waals surface area contributed by atoms with Crippen LogP contribution in [0.1, 0.15) is 17.3 Å². The monoisotopic (exact) mass is 336 g/mol. The maximum absolute atomic E-state index is 11.7. The Bertz CT molecular complexity index is 513. The van der Waals surface area contributed by atoms with E-state index in [-0.39, 0.29) is 16.5 Å². The normalized spacial score (nSPS) is 10.2. The van der Waals surface area contributed by atoms with E-state index in [1.165, 1.54) is 18.9 Å². The first kappa shape index (κ1) is 17.1. The molecule has 0 bridgehead atoms. The Morgan fingerprint density at radius 2 is 2.05 bits per heavy atom. The number of halogens is 1. The first-order chi connectivity index (χ1) is 9.53. The summed E-state index contributed by atoms with van der Waals surface area (Å²) in [5.74, 6) is -1.01. The minimum atomic E-state index is -0.644. The van der Waals surface area contributed by atoms with Gasteiger partial charge in [0.1, 0.15) is 15.7 Å². The van der Waals surface area contributed by atoms with Crippen LogP contribution in [0.2, 0.25) is 5.15 Å². The smallest absolute Gasteiger partial charge is 0.343 e. The fourth-order valence-corrected chi connectivity index (χ4v) is 2.78. The van der Waals surface area contributed by atoms with Gasteiger partial charge < -0.3 is 9.47 Å². The number of thioether (sulfide) groups is 2. The van der Waals surface area contributed by atoms with Crippen LogP contribution in [-0.4, -0.2) is 47.6 Å². The maximum Gasteiger partial charge on any atom is 0.343 e. The van der Waals surface area contributed by atoms with Crippen molar-refractivity contribution in [2.75, 3.05) is 25.7 Å². The van der Waals surface area contributed by atoms with Crippen LogP contribution >= 0.6 is 35.1 Å².